The number of carbonyl (C=O) groups excluding carboxylic acids is 1. The molecule has 134 valence electrons. The maximum atomic E-state index is 12.7. The van der Waals surface area contributed by atoms with Crippen molar-refractivity contribution in [2.45, 2.75) is 39.7 Å². The van der Waals surface area contributed by atoms with Gasteiger partial charge in [-0.15, -0.1) is 0 Å². The van der Waals surface area contributed by atoms with Crippen molar-refractivity contribution in [2.24, 2.45) is 4.99 Å². The Kier molecular flexibility index (Phi) is 6.25. The summed E-state index contributed by atoms with van der Waals surface area (Å²) >= 11 is 7.48. The van der Waals surface area contributed by atoms with Gasteiger partial charge in [-0.2, -0.15) is 4.99 Å². The molecule has 0 bridgehead atoms. The van der Waals surface area contributed by atoms with Crippen LogP contribution in [0.25, 0.3) is 6.08 Å². The Hall–Kier alpha value is -1.85. The van der Waals surface area contributed by atoms with Crippen molar-refractivity contribution in [3.63, 3.8) is 0 Å². The second kappa shape index (κ2) is 8.02. The number of methoxy groups -OCH3 is 1. The Morgan fingerprint density at radius 1 is 1.40 bits per heavy atom. The van der Waals surface area contributed by atoms with E-state index in [9.17, 15) is 4.79 Å². The zero-order valence-corrected chi connectivity index (χ0v) is 16.7. The highest BCUT2D eigenvalue weighted by atomic mass is 35.5. The predicted molar refractivity (Wildman–Crippen MR) is 105 cm³/mol. The van der Waals surface area contributed by atoms with Crippen LogP contribution in [0.3, 0.4) is 0 Å². The van der Waals surface area contributed by atoms with Crippen molar-refractivity contribution in [3.05, 3.63) is 51.3 Å². The van der Waals surface area contributed by atoms with E-state index in [1.165, 1.54) is 18.6 Å². The second-order valence-electron chi connectivity index (χ2n) is 6.55. The number of amides is 1. The van der Waals surface area contributed by atoms with Gasteiger partial charge >= 0.3 is 0 Å². The van der Waals surface area contributed by atoms with Crippen LogP contribution in [0.2, 0.25) is 5.02 Å². The van der Waals surface area contributed by atoms with Gasteiger partial charge in [0.25, 0.3) is 5.91 Å². The molecule has 1 aromatic carbocycles. The standard InChI is InChI=1S/C19H23ClN2O2S/c1-6-7-8-13-12-22(19(2,3)4)25-18(13)21-17(23)15-11-14(20)9-10-16(15)24-5/h7-12H,6H2,1-5H3/b8-7-,21-18-. The van der Waals surface area contributed by atoms with E-state index in [2.05, 4.69) is 42.7 Å². The van der Waals surface area contributed by atoms with Crippen molar-refractivity contribution < 1.29 is 9.53 Å². The number of nitrogens with zero attached hydrogens (tertiary/aromatic N) is 2. The lowest BCUT2D eigenvalue weighted by atomic mass is 10.1. The molecule has 4 nitrogen and oxygen atoms in total. The summed E-state index contributed by atoms with van der Waals surface area (Å²) in [6.07, 6.45) is 7.00. The number of hydrogen-bond donors (Lipinski definition) is 0. The summed E-state index contributed by atoms with van der Waals surface area (Å²) in [5.41, 5.74) is 1.21. The van der Waals surface area contributed by atoms with E-state index in [-0.39, 0.29) is 11.4 Å². The molecule has 0 radical (unpaired) electrons. The maximum Gasteiger partial charge on any atom is 0.282 e. The SMILES string of the molecule is CC/C=C\c1cn(C(C)(C)C)s/c1=N\C(=O)c1cc(Cl)ccc1OC. The lowest BCUT2D eigenvalue weighted by molar-refractivity contribution is 0.0996. The normalized spacial score (nSPS) is 12.8. The fourth-order valence-corrected chi connectivity index (χ4v) is 3.28. The molecule has 0 atom stereocenters. The number of carbonyl (C=O) groups is 1. The minimum atomic E-state index is -0.367. The number of aromatic nitrogens is 1. The largest absolute Gasteiger partial charge is 0.496 e. The highest BCUT2D eigenvalue weighted by Crippen LogP contribution is 2.23. The predicted octanol–water partition coefficient (Wildman–Crippen LogP) is 5.13. The molecule has 2 aromatic rings. The Bertz CT molecular complexity index is 857. The molecule has 1 heterocycles. The molecule has 6 heteroatoms. The summed E-state index contributed by atoms with van der Waals surface area (Å²) in [7, 11) is 1.52. The smallest absolute Gasteiger partial charge is 0.282 e. The van der Waals surface area contributed by atoms with Crippen LogP contribution in [0, 0.1) is 0 Å². The molecule has 0 spiro atoms. The van der Waals surface area contributed by atoms with Gasteiger partial charge in [0.05, 0.1) is 12.7 Å². The van der Waals surface area contributed by atoms with E-state index in [0.29, 0.717) is 21.0 Å². The van der Waals surface area contributed by atoms with Crippen LogP contribution in [-0.2, 0) is 5.54 Å². The molecule has 1 aromatic heterocycles. The van der Waals surface area contributed by atoms with E-state index in [4.69, 9.17) is 16.3 Å². The number of hydrogen-bond acceptors (Lipinski definition) is 3. The first-order chi connectivity index (χ1) is 11.8. The number of halogens is 1. The highest BCUT2D eigenvalue weighted by Gasteiger charge is 2.17. The van der Waals surface area contributed by atoms with Crippen LogP contribution in [0.4, 0.5) is 0 Å². The van der Waals surface area contributed by atoms with E-state index < -0.39 is 0 Å². The third-order valence-electron chi connectivity index (χ3n) is 3.48. The van der Waals surface area contributed by atoms with Crippen LogP contribution in [-0.4, -0.2) is 17.0 Å². The number of allylic oxidation sites excluding steroid dienone is 1. The molecule has 1 amide bonds. The molecule has 25 heavy (non-hydrogen) atoms. The summed E-state index contributed by atoms with van der Waals surface area (Å²) in [5, 5.41) is 0.474. The van der Waals surface area contributed by atoms with Crippen LogP contribution < -0.4 is 9.41 Å². The molecule has 0 saturated carbocycles. The third-order valence-corrected chi connectivity index (χ3v) is 5.06. The van der Waals surface area contributed by atoms with Gasteiger partial charge in [0.1, 0.15) is 10.4 Å². The first-order valence-electron chi connectivity index (χ1n) is 8.09. The maximum absolute atomic E-state index is 12.7. The second-order valence-corrected chi connectivity index (χ2v) is 7.95. The highest BCUT2D eigenvalue weighted by molar-refractivity contribution is 7.04. The van der Waals surface area contributed by atoms with Gasteiger partial charge in [0, 0.05) is 22.3 Å². The number of rotatable bonds is 4. The summed E-state index contributed by atoms with van der Waals surface area (Å²) < 4.78 is 8.03. The Balaban J connectivity index is 2.56. The molecule has 0 saturated heterocycles. The van der Waals surface area contributed by atoms with Gasteiger partial charge in [-0.25, -0.2) is 0 Å². The van der Waals surface area contributed by atoms with E-state index in [1.54, 1.807) is 18.2 Å². The van der Waals surface area contributed by atoms with Gasteiger partial charge in [0.2, 0.25) is 0 Å². The Morgan fingerprint density at radius 3 is 2.72 bits per heavy atom. The van der Waals surface area contributed by atoms with Crippen molar-refractivity contribution in [1.82, 2.24) is 3.96 Å². The average molecular weight is 379 g/mol. The monoisotopic (exact) mass is 378 g/mol. The zero-order chi connectivity index (χ0) is 18.6. The summed E-state index contributed by atoms with van der Waals surface area (Å²) in [4.78, 5) is 17.0. The van der Waals surface area contributed by atoms with Crippen molar-refractivity contribution in [3.8, 4) is 5.75 Å². The van der Waals surface area contributed by atoms with Gasteiger partial charge in [0.15, 0.2) is 0 Å². The van der Waals surface area contributed by atoms with Crippen molar-refractivity contribution >= 4 is 35.1 Å². The topological polar surface area (TPSA) is 43.6 Å². The molecule has 0 aliphatic heterocycles. The van der Waals surface area contributed by atoms with Crippen LogP contribution in [0.1, 0.15) is 50.0 Å². The van der Waals surface area contributed by atoms with Crippen molar-refractivity contribution in [1.29, 1.82) is 0 Å². The van der Waals surface area contributed by atoms with Gasteiger partial charge in [-0.05, 0) is 56.9 Å². The first kappa shape index (κ1) is 19.5. The lowest BCUT2D eigenvalue weighted by Crippen LogP contribution is -2.18. The minimum Gasteiger partial charge on any atom is -0.496 e. The molecular weight excluding hydrogens is 356 g/mol. The summed E-state index contributed by atoms with van der Waals surface area (Å²) in [6, 6.07) is 4.94. The minimum absolute atomic E-state index is 0.0793. The number of ether oxygens (including phenoxy) is 1. The molecule has 0 fully saturated rings. The molecule has 0 unspecified atom stereocenters. The van der Waals surface area contributed by atoms with Gasteiger partial charge in [-0.1, -0.05) is 30.7 Å². The Morgan fingerprint density at radius 2 is 2.12 bits per heavy atom. The van der Waals surface area contributed by atoms with E-state index in [0.717, 1.165) is 12.0 Å². The quantitative estimate of drug-likeness (QED) is 0.740. The Labute approximate surface area is 157 Å². The molecule has 0 aliphatic rings. The molecule has 0 N–H and O–H groups in total. The van der Waals surface area contributed by atoms with E-state index >= 15 is 0 Å². The van der Waals surface area contributed by atoms with Crippen LogP contribution in [0.15, 0.2) is 35.5 Å². The third kappa shape index (κ3) is 4.83. The van der Waals surface area contributed by atoms with Crippen LogP contribution >= 0.6 is 23.1 Å². The molecular formula is C19H23ClN2O2S. The zero-order valence-electron chi connectivity index (χ0n) is 15.2. The van der Waals surface area contributed by atoms with Gasteiger partial charge < -0.3 is 4.74 Å². The van der Waals surface area contributed by atoms with Crippen LogP contribution in [0.5, 0.6) is 5.75 Å². The van der Waals surface area contributed by atoms with Crippen molar-refractivity contribution in [2.75, 3.05) is 7.11 Å². The molecule has 2 rings (SSSR count). The lowest BCUT2D eigenvalue weighted by Gasteiger charge is -2.19. The van der Waals surface area contributed by atoms with Gasteiger partial charge in [-0.3, -0.25) is 8.75 Å². The fourth-order valence-electron chi connectivity index (χ4n) is 2.13. The average Bonchev–Trinajstić information content (AvgIpc) is 2.95. The summed E-state index contributed by atoms with van der Waals surface area (Å²) in [6.45, 7) is 8.41. The summed E-state index contributed by atoms with van der Waals surface area (Å²) in [5.74, 6) is 0.0949. The fraction of sp³-hybridized carbons (Fsp3) is 0.368. The first-order valence-corrected chi connectivity index (χ1v) is 9.24. The number of benzene rings is 1. The van der Waals surface area contributed by atoms with E-state index in [1.807, 2.05) is 12.3 Å². The molecule has 0 aliphatic carbocycles.